The Labute approximate surface area is 192 Å². The van der Waals surface area contributed by atoms with Crippen LogP contribution in [0, 0.1) is 10.1 Å². The Morgan fingerprint density at radius 1 is 1.12 bits per heavy atom. The van der Waals surface area contributed by atoms with Crippen molar-refractivity contribution in [1.29, 1.82) is 0 Å². The molecule has 2 aromatic carbocycles. The van der Waals surface area contributed by atoms with Gasteiger partial charge in [0, 0.05) is 32.3 Å². The standard InChI is InChI=1S/C23H16N4O7/c1-13(28)24-23-25(2)18(11-14-6-5-7-15(10-14)27(32)33)21(30)26(23)12-17-20(29)16-8-3-4-9-19(16)34-22(17)31/h3-12H,1-2H3. The van der Waals surface area contributed by atoms with Crippen LogP contribution in [0.2, 0.25) is 0 Å². The first-order chi connectivity index (χ1) is 16.2. The van der Waals surface area contributed by atoms with E-state index in [1.54, 1.807) is 18.2 Å². The average molecular weight is 460 g/mol. The third-order valence-corrected chi connectivity index (χ3v) is 5.01. The largest absolute Gasteiger partial charge is 0.422 e. The minimum absolute atomic E-state index is 0.00868. The zero-order valence-corrected chi connectivity index (χ0v) is 17.9. The number of nitro groups is 1. The van der Waals surface area contributed by atoms with Gasteiger partial charge in [-0.2, -0.15) is 4.99 Å². The molecule has 2 aromatic rings. The summed E-state index contributed by atoms with van der Waals surface area (Å²) in [6, 6.07) is 11.8. The molecule has 1 fully saturated rings. The van der Waals surface area contributed by atoms with Crippen LogP contribution < -0.4 is 4.74 Å². The molecule has 11 nitrogen and oxygen atoms in total. The van der Waals surface area contributed by atoms with E-state index in [2.05, 4.69) is 4.99 Å². The third kappa shape index (κ3) is 3.97. The maximum absolute atomic E-state index is 13.2. The van der Waals surface area contributed by atoms with E-state index in [4.69, 9.17) is 4.74 Å². The molecule has 0 saturated carbocycles. The van der Waals surface area contributed by atoms with Crippen LogP contribution in [-0.4, -0.2) is 51.3 Å². The predicted octanol–water partition coefficient (Wildman–Crippen LogP) is 2.30. The van der Waals surface area contributed by atoms with Crippen LogP contribution in [0.25, 0.3) is 6.08 Å². The summed E-state index contributed by atoms with van der Waals surface area (Å²) in [5.41, 5.74) is -0.0927. The third-order valence-electron chi connectivity index (χ3n) is 5.01. The molecular formula is C23H16N4O7. The molecule has 0 aliphatic carbocycles. The second-order valence-electron chi connectivity index (χ2n) is 7.30. The maximum Gasteiger partial charge on any atom is 0.349 e. The lowest BCUT2D eigenvalue weighted by Crippen LogP contribution is -2.33. The molecule has 0 spiro atoms. The van der Waals surface area contributed by atoms with Gasteiger partial charge in [0.25, 0.3) is 11.6 Å². The van der Waals surface area contributed by atoms with Crippen molar-refractivity contribution in [3.63, 3.8) is 0 Å². The monoisotopic (exact) mass is 460 g/mol. The zero-order valence-electron chi connectivity index (χ0n) is 17.9. The number of likely N-dealkylation sites (N-methyl/N-ethyl adjacent to an activating group) is 1. The number of hydrogen-bond donors (Lipinski definition) is 0. The van der Waals surface area contributed by atoms with Gasteiger partial charge in [0.15, 0.2) is 0 Å². The fraction of sp³-hybridized carbons (Fsp3) is 0.0870. The molecule has 11 heteroatoms. The Bertz CT molecular complexity index is 1370. The summed E-state index contributed by atoms with van der Waals surface area (Å²) in [5.74, 6) is -3.00. The van der Waals surface area contributed by atoms with Crippen molar-refractivity contribution in [2.24, 2.45) is 4.99 Å². The maximum atomic E-state index is 13.2. The van der Waals surface area contributed by atoms with E-state index in [9.17, 15) is 29.3 Å². The Hall–Kier alpha value is -4.93. The number of aliphatic imine (C=N–C) groups is 1. The van der Waals surface area contributed by atoms with Crippen molar-refractivity contribution >= 4 is 41.3 Å². The van der Waals surface area contributed by atoms with Gasteiger partial charge in [-0.05, 0) is 23.8 Å². The number of non-ortho nitro benzene ring substituents is 1. The second-order valence-corrected chi connectivity index (χ2v) is 7.30. The first-order valence-corrected chi connectivity index (χ1v) is 9.88. The quantitative estimate of drug-likeness (QED) is 0.170. The summed E-state index contributed by atoms with van der Waals surface area (Å²) in [4.78, 5) is 66.9. The molecule has 0 N–H and O–H groups in total. The topological polar surface area (TPSA) is 139 Å². The molecule has 4 rings (SSSR count). The number of benzene rings is 2. The smallest absolute Gasteiger partial charge is 0.349 e. The Balaban J connectivity index is 1.79. The van der Waals surface area contributed by atoms with Crippen molar-refractivity contribution in [3.8, 4) is 5.75 Å². The number of ketones is 1. The lowest BCUT2D eigenvalue weighted by atomic mass is 10.0. The molecule has 2 aliphatic heterocycles. The molecule has 34 heavy (non-hydrogen) atoms. The van der Waals surface area contributed by atoms with Crippen LogP contribution >= 0.6 is 0 Å². The number of esters is 1. The highest BCUT2D eigenvalue weighted by atomic mass is 16.6. The summed E-state index contributed by atoms with van der Waals surface area (Å²) >= 11 is 0. The van der Waals surface area contributed by atoms with E-state index in [0.717, 1.165) is 11.1 Å². The van der Waals surface area contributed by atoms with Crippen LogP contribution in [-0.2, 0) is 14.4 Å². The average Bonchev–Trinajstić information content (AvgIpc) is 3.00. The Kier molecular flexibility index (Phi) is 5.60. The number of fused-ring (bicyclic) bond motifs is 1. The van der Waals surface area contributed by atoms with Crippen molar-refractivity contribution in [3.05, 3.63) is 87.2 Å². The van der Waals surface area contributed by atoms with E-state index in [1.807, 2.05) is 0 Å². The molecule has 0 aromatic heterocycles. The lowest BCUT2D eigenvalue weighted by molar-refractivity contribution is -0.384. The first-order valence-electron chi connectivity index (χ1n) is 9.88. The van der Waals surface area contributed by atoms with E-state index in [-0.39, 0.29) is 28.7 Å². The van der Waals surface area contributed by atoms with Crippen LogP contribution in [0.4, 0.5) is 5.69 Å². The molecule has 0 radical (unpaired) electrons. The van der Waals surface area contributed by atoms with Crippen LogP contribution in [0.3, 0.4) is 0 Å². The van der Waals surface area contributed by atoms with Gasteiger partial charge in [0.2, 0.25) is 17.6 Å². The fourth-order valence-corrected chi connectivity index (χ4v) is 3.43. The number of nitrogens with zero attached hydrogens (tertiary/aromatic N) is 4. The number of ether oxygens (including phenoxy) is 1. The lowest BCUT2D eigenvalue weighted by Gasteiger charge is -2.19. The van der Waals surface area contributed by atoms with Crippen molar-refractivity contribution in [1.82, 2.24) is 9.80 Å². The molecule has 0 unspecified atom stereocenters. The summed E-state index contributed by atoms with van der Waals surface area (Å²) in [6.07, 6.45) is 2.36. The number of amides is 2. The number of para-hydroxylation sites is 1. The van der Waals surface area contributed by atoms with Gasteiger partial charge in [0.05, 0.1) is 10.5 Å². The van der Waals surface area contributed by atoms with Crippen molar-refractivity contribution in [2.75, 3.05) is 7.05 Å². The summed E-state index contributed by atoms with van der Waals surface area (Å²) in [5, 5.41) is 11.1. The minimum atomic E-state index is -0.961. The summed E-state index contributed by atoms with van der Waals surface area (Å²) in [6.45, 7) is 1.18. The first kappa shape index (κ1) is 22.3. The van der Waals surface area contributed by atoms with Gasteiger partial charge in [-0.1, -0.05) is 24.3 Å². The van der Waals surface area contributed by atoms with Crippen LogP contribution in [0.1, 0.15) is 22.8 Å². The number of nitro benzene ring substituents is 1. The molecule has 0 bridgehead atoms. The molecule has 0 atom stereocenters. The van der Waals surface area contributed by atoms with E-state index in [0.29, 0.717) is 5.56 Å². The number of guanidine groups is 1. The normalized spacial score (nSPS) is 19.1. The molecule has 170 valence electrons. The minimum Gasteiger partial charge on any atom is -0.422 e. The summed E-state index contributed by atoms with van der Waals surface area (Å²) in [7, 11) is 1.46. The number of carbonyl (C=O) groups is 4. The highest BCUT2D eigenvalue weighted by molar-refractivity contribution is 6.28. The van der Waals surface area contributed by atoms with Gasteiger partial charge in [0.1, 0.15) is 17.0 Å². The van der Waals surface area contributed by atoms with Crippen molar-refractivity contribution < 1.29 is 28.8 Å². The number of hydrogen-bond acceptors (Lipinski definition) is 7. The SMILES string of the molecule is CC(=O)N=C1N(C)C(=Cc2cccc([N+](=O)[O-])c2)C(=O)N1C=C1C(=O)Oc2ccccc2C1=O. The van der Waals surface area contributed by atoms with E-state index in [1.165, 1.54) is 55.3 Å². The van der Waals surface area contributed by atoms with Gasteiger partial charge >= 0.3 is 5.97 Å². The molecule has 2 heterocycles. The molecular weight excluding hydrogens is 444 g/mol. The number of Topliss-reactive ketones (excluding diaryl/α,β-unsaturated/α-hetero) is 1. The van der Waals surface area contributed by atoms with Crippen molar-refractivity contribution in [2.45, 2.75) is 6.92 Å². The number of rotatable bonds is 3. The number of carbonyl (C=O) groups excluding carboxylic acids is 4. The fourth-order valence-electron chi connectivity index (χ4n) is 3.43. The van der Waals surface area contributed by atoms with Gasteiger partial charge < -0.3 is 9.64 Å². The Morgan fingerprint density at radius 3 is 2.56 bits per heavy atom. The second kappa shape index (κ2) is 8.54. The molecule has 1 saturated heterocycles. The Morgan fingerprint density at radius 2 is 1.85 bits per heavy atom. The molecule has 2 amide bonds. The van der Waals surface area contributed by atoms with Gasteiger partial charge in [-0.3, -0.25) is 29.4 Å². The predicted molar refractivity (Wildman–Crippen MR) is 118 cm³/mol. The van der Waals surface area contributed by atoms with Gasteiger partial charge in [-0.15, -0.1) is 0 Å². The van der Waals surface area contributed by atoms with Gasteiger partial charge in [-0.25, -0.2) is 4.79 Å². The van der Waals surface area contributed by atoms with Crippen LogP contribution in [0.5, 0.6) is 5.75 Å². The highest BCUT2D eigenvalue weighted by Crippen LogP contribution is 2.30. The summed E-state index contributed by atoms with van der Waals surface area (Å²) < 4.78 is 5.20. The zero-order chi connectivity index (χ0) is 24.6. The highest BCUT2D eigenvalue weighted by Gasteiger charge is 2.39. The van der Waals surface area contributed by atoms with E-state index >= 15 is 0 Å². The molecule has 2 aliphatic rings. The van der Waals surface area contributed by atoms with Crippen LogP contribution in [0.15, 0.2) is 71.0 Å². The van der Waals surface area contributed by atoms with E-state index < -0.39 is 34.1 Å².